The van der Waals surface area contributed by atoms with Crippen LogP contribution in [-0.2, 0) is 21.0 Å². The summed E-state index contributed by atoms with van der Waals surface area (Å²) in [7, 11) is -3.89. The second-order valence-corrected chi connectivity index (χ2v) is 10.2. The van der Waals surface area contributed by atoms with Crippen molar-refractivity contribution < 1.29 is 17.9 Å². The normalized spacial score (nSPS) is 18.5. The molecule has 0 amide bonds. The van der Waals surface area contributed by atoms with E-state index in [1.807, 2.05) is 30.3 Å². The zero-order chi connectivity index (χ0) is 22.1. The molecule has 0 fully saturated rings. The van der Waals surface area contributed by atoms with Crippen LogP contribution in [0.1, 0.15) is 34.8 Å². The molecule has 1 aliphatic rings. The molecule has 0 aromatic heterocycles. The molecule has 0 aliphatic carbocycles. The third-order valence-electron chi connectivity index (χ3n) is 5.74. The van der Waals surface area contributed by atoms with Crippen LogP contribution in [0.4, 0.5) is 0 Å². The van der Waals surface area contributed by atoms with Gasteiger partial charge in [-0.3, -0.25) is 4.79 Å². The van der Waals surface area contributed by atoms with Crippen LogP contribution in [0.15, 0.2) is 95.9 Å². The molecule has 0 saturated carbocycles. The van der Waals surface area contributed by atoms with Gasteiger partial charge in [-0.2, -0.15) is 0 Å². The van der Waals surface area contributed by atoms with Crippen molar-refractivity contribution in [3.8, 4) is 5.75 Å². The number of rotatable bonds is 5. The van der Waals surface area contributed by atoms with Crippen molar-refractivity contribution in [3.63, 3.8) is 0 Å². The predicted octanol–water partition coefficient (Wildman–Crippen LogP) is 5.14. The van der Waals surface area contributed by atoms with Crippen LogP contribution in [0.3, 0.4) is 0 Å². The number of ether oxygens (including phenoxy) is 1. The molecule has 1 heterocycles. The Morgan fingerprint density at radius 2 is 1.65 bits per heavy atom. The summed E-state index contributed by atoms with van der Waals surface area (Å²) in [4.78, 5) is 12.4. The van der Waals surface area contributed by atoms with E-state index in [0.717, 1.165) is 5.56 Å². The number of hydrogen-bond donors (Lipinski definition) is 0. The lowest BCUT2D eigenvalue weighted by Crippen LogP contribution is -2.38. The van der Waals surface area contributed by atoms with Crippen LogP contribution < -0.4 is 4.74 Å². The van der Waals surface area contributed by atoms with Gasteiger partial charge >= 0.3 is 0 Å². The standard InChI is InChI=1S/C26H24O4S/c1-19-16-26(17-21-9-5-3-6-10-21,31(28,29)23-11-7-4-8-12-23)24-15-22(20(2)27)13-14-25(24)30-18-19/h3-15H,1,16-18H2,2H3. The Kier molecular flexibility index (Phi) is 5.54. The maximum Gasteiger partial charge on any atom is 0.189 e. The summed E-state index contributed by atoms with van der Waals surface area (Å²) in [6, 6.07) is 23.1. The van der Waals surface area contributed by atoms with E-state index in [4.69, 9.17) is 4.74 Å². The highest BCUT2D eigenvalue weighted by Gasteiger charge is 2.49. The molecule has 3 aromatic rings. The number of fused-ring (bicyclic) bond motifs is 1. The van der Waals surface area contributed by atoms with E-state index in [1.165, 1.54) is 6.92 Å². The van der Waals surface area contributed by atoms with Gasteiger partial charge in [-0.25, -0.2) is 8.42 Å². The number of carbonyl (C=O) groups excluding carboxylic acids is 1. The summed E-state index contributed by atoms with van der Waals surface area (Å²) in [5.74, 6) is 0.343. The van der Waals surface area contributed by atoms with Crippen molar-refractivity contribution in [2.24, 2.45) is 0 Å². The first kappa shape index (κ1) is 21.1. The summed E-state index contributed by atoms with van der Waals surface area (Å²) in [5, 5.41) is 0. The fourth-order valence-corrected chi connectivity index (χ4v) is 6.37. The van der Waals surface area contributed by atoms with E-state index in [0.29, 0.717) is 22.4 Å². The second kappa shape index (κ2) is 8.16. The van der Waals surface area contributed by atoms with Crippen molar-refractivity contribution >= 4 is 15.6 Å². The molecule has 5 heteroatoms. The van der Waals surface area contributed by atoms with Crippen molar-refractivity contribution in [1.29, 1.82) is 0 Å². The quantitative estimate of drug-likeness (QED) is 0.414. The van der Waals surface area contributed by atoms with Crippen LogP contribution in [-0.4, -0.2) is 20.8 Å². The van der Waals surface area contributed by atoms with Crippen LogP contribution in [0.5, 0.6) is 5.75 Å². The van der Waals surface area contributed by atoms with Gasteiger partial charge in [-0.15, -0.1) is 0 Å². The van der Waals surface area contributed by atoms with Gasteiger partial charge in [0.15, 0.2) is 15.6 Å². The Labute approximate surface area is 183 Å². The Bertz CT molecular complexity index is 1230. The van der Waals surface area contributed by atoms with E-state index >= 15 is 0 Å². The molecular formula is C26H24O4S. The molecule has 158 valence electrons. The first-order valence-electron chi connectivity index (χ1n) is 10.1. The molecule has 0 spiro atoms. The van der Waals surface area contributed by atoms with E-state index < -0.39 is 14.6 Å². The molecule has 1 atom stereocenters. The Hall–Kier alpha value is -3.18. The molecule has 3 aromatic carbocycles. The predicted molar refractivity (Wildman–Crippen MR) is 121 cm³/mol. The van der Waals surface area contributed by atoms with Crippen molar-refractivity contribution in [1.82, 2.24) is 0 Å². The maximum atomic E-state index is 14.3. The minimum Gasteiger partial charge on any atom is -0.489 e. The topological polar surface area (TPSA) is 60.4 Å². The molecule has 4 rings (SSSR count). The molecule has 0 N–H and O–H groups in total. The maximum absolute atomic E-state index is 14.3. The number of carbonyl (C=O) groups is 1. The molecule has 4 nitrogen and oxygen atoms in total. The molecule has 0 bridgehead atoms. The fraction of sp³-hybridized carbons (Fsp3) is 0.192. The average molecular weight is 433 g/mol. The fourth-order valence-electron chi connectivity index (χ4n) is 4.20. The van der Waals surface area contributed by atoms with Crippen molar-refractivity contribution in [2.75, 3.05) is 6.61 Å². The van der Waals surface area contributed by atoms with Crippen molar-refractivity contribution in [3.05, 3.63) is 108 Å². The highest BCUT2D eigenvalue weighted by Crippen LogP contribution is 2.48. The summed E-state index contributed by atoms with van der Waals surface area (Å²) < 4.78 is 33.1. The molecule has 1 aliphatic heterocycles. The van der Waals surface area contributed by atoms with Gasteiger partial charge in [-0.05, 0) is 61.2 Å². The van der Waals surface area contributed by atoms with Gasteiger partial charge in [0.1, 0.15) is 17.1 Å². The summed E-state index contributed by atoms with van der Waals surface area (Å²) in [6.45, 7) is 5.81. The highest BCUT2D eigenvalue weighted by molar-refractivity contribution is 7.92. The monoisotopic (exact) mass is 432 g/mol. The number of Topliss-reactive ketones (excluding diaryl/α,β-unsaturated/α-hetero) is 1. The lowest BCUT2D eigenvalue weighted by molar-refractivity contribution is 0.101. The Balaban J connectivity index is 2.05. The lowest BCUT2D eigenvalue weighted by atomic mass is 9.85. The van der Waals surface area contributed by atoms with Crippen LogP contribution >= 0.6 is 0 Å². The van der Waals surface area contributed by atoms with E-state index in [9.17, 15) is 13.2 Å². The lowest BCUT2D eigenvalue weighted by Gasteiger charge is -2.34. The number of hydrogen-bond acceptors (Lipinski definition) is 4. The summed E-state index contributed by atoms with van der Waals surface area (Å²) in [6.07, 6.45) is 0.440. The highest BCUT2D eigenvalue weighted by atomic mass is 32.2. The zero-order valence-corrected chi connectivity index (χ0v) is 18.2. The molecule has 31 heavy (non-hydrogen) atoms. The zero-order valence-electron chi connectivity index (χ0n) is 17.4. The van der Waals surface area contributed by atoms with Crippen molar-refractivity contribution in [2.45, 2.75) is 29.4 Å². The molecule has 0 saturated heterocycles. The van der Waals surface area contributed by atoms with Gasteiger partial charge in [0.25, 0.3) is 0 Å². The minimum atomic E-state index is -3.89. The number of benzene rings is 3. The van der Waals surface area contributed by atoms with Crippen LogP contribution in [0.25, 0.3) is 0 Å². The van der Waals surface area contributed by atoms with Gasteiger partial charge in [0.05, 0.1) is 4.90 Å². The van der Waals surface area contributed by atoms with Gasteiger partial charge in [0, 0.05) is 11.1 Å². The average Bonchev–Trinajstić information content (AvgIpc) is 2.92. The van der Waals surface area contributed by atoms with Gasteiger partial charge in [0.2, 0.25) is 0 Å². The minimum absolute atomic E-state index is 0.128. The first-order chi connectivity index (χ1) is 14.8. The third-order valence-corrected chi connectivity index (χ3v) is 8.17. The van der Waals surface area contributed by atoms with E-state index in [-0.39, 0.29) is 30.1 Å². The van der Waals surface area contributed by atoms with Crippen LogP contribution in [0.2, 0.25) is 0 Å². The SMILES string of the molecule is C=C1COc2ccc(C(C)=O)cc2C(Cc2ccccc2)(S(=O)(=O)c2ccccc2)C1. The number of sulfone groups is 1. The largest absolute Gasteiger partial charge is 0.489 e. The number of ketones is 1. The van der Waals surface area contributed by atoms with Gasteiger partial charge < -0.3 is 4.74 Å². The van der Waals surface area contributed by atoms with E-state index in [2.05, 4.69) is 6.58 Å². The second-order valence-electron chi connectivity index (χ2n) is 7.96. The molecule has 1 unspecified atom stereocenters. The van der Waals surface area contributed by atoms with Gasteiger partial charge in [-0.1, -0.05) is 55.1 Å². The Morgan fingerprint density at radius 1 is 1.00 bits per heavy atom. The third kappa shape index (κ3) is 3.81. The van der Waals surface area contributed by atoms with E-state index in [1.54, 1.807) is 48.5 Å². The van der Waals surface area contributed by atoms with Crippen LogP contribution in [0, 0.1) is 0 Å². The Morgan fingerprint density at radius 3 is 2.29 bits per heavy atom. The smallest absolute Gasteiger partial charge is 0.189 e. The summed E-state index contributed by atoms with van der Waals surface area (Å²) >= 11 is 0. The summed E-state index contributed by atoms with van der Waals surface area (Å²) in [5.41, 5.74) is 2.54. The molecular weight excluding hydrogens is 408 g/mol. The molecule has 0 radical (unpaired) electrons. The first-order valence-corrected chi connectivity index (χ1v) is 11.6.